The summed E-state index contributed by atoms with van der Waals surface area (Å²) in [7, 11) is 0. The summed E-state index contributed by atoms with van der Waals surface area (Å²) in [6.45, 7) is 12.7. The molecule has 0 aliphatic heterocycles. The molecule has 1 amide bonds. The normalized spacial score (nSPS) is 12.2. The number of carbonyl (C=O) groups is 1. The quantitative estimate of drug-likeness (QED) is 0.341. The molecule has 4 rings (SSSR count). The molecule has 1 unspecified atom stereocenters. The van der Waals surface area contributed by atoms with Gasteiger partial charge < -0.3 is 4.90 Å². The monoisotopic (exact) mass is 467 g/mol. The first kappa shape index (κ1) is 24.4. The number of para-hydroxylation sites is 1. The van der Waals surface area contributed by atoms with Crippen molar-refractivity contribution in [2.45, 2.75) is 47.6 Å². The van der Waals surface area contributed by atoms with E-state index < -0.39 is 6.04 Å². The van der Waals surface area contributed by atoms with Crippen molar-refractivity contribution in [2.24, 2.45) is 5.92 Å². The zero-order valence-corrected chi connectivity index (χ0v) is 21.4. The van der Waals surface area contributed by atoms with Crippen LogP contribution in [0, 0.1) is 26.7 Å². The third kappa shape index (κ3) is 4.76. The van der Waals surface area contributed by atoms with E-state index in [1.807, 2.05) is 99.3 Å². The fourth-order valence-corrected chi connectivity index (χ4v) is 4.54. The summed E-state index contributed by atoms with van der Waals surface area (Å²) in [5, 5.41) is 0.560. The number of aryl methyl sites for hydroxylation is 3. The van der Waals surface area contributed by atoms with E-state index >= 15 is 0 Å². The van der Waals surface area contributed by atoms with Gasteiger partial charge in [0.15, 0.2) is 0 Å². The molecule has 35 heavy (non-hydrogen) atoms. The van der Waals surface area contributed by atoms with Gasteiger partial charge in [-0.25, -0.2) is 4.98 Å². The van der Waals surface area contributed by atoms with Gasteiger partial charge in [-0.2, -0.15) is 0 Å². The minimum absolute atomic E-state index is 0.0563. The fourth-order valence-electron chi connectivity index (χ4n) is 4.54. The van der Waals surface area contributed by atoms with E-state index in [2.05, 4.69) is 13.8 Å². The molecule has 3 aromatic carbocycles. The zero-order valence-electron chi connectivity index (χ0n) is 21.4. The molecule has 0 radical (unpaired) electrons. The minimum Gasteiger partial charge on any atom is -0.328 e. The van der Waals surface area contributed by atoms with E-state index in [1.165, 1.54) is 0 Å². The van der Waals surface area contributed by atoms with Crippen LogP contribution in [-0.4, -0.2) is 26.9 Å². The van der Waals surface area contributed by atoms with E-state index in [0.29, 0.717) is 28.8 Å². The third-order valence-electron chi connectivity index (χ3n) is 6.45. The van der Waals surface area contributed by atoms with Gasteiger partial charge in [0, 0.05) is 12.1 Å². The van der Waals surface area contributed by atoms with Crippen LogP contribution < -0.4 is 5.56 Å². The molecule has 0 N–H and O–H groups in total. The van der Waals surface area contributed by atoms with Gasteiger partial charge in [0.05, 0.1) is 22.6 Å². The molecular weight excluding hydrogens is 434 g/mol. The van der Waals surface area contributed by atoms with Crippen LogP contribution in [0.15, 0.2) is 71.5 Å². The molecule has 0 aliphatic rings. The molecule has 0 saturated heterocycles. The smallest absolute Gasteiger partial charge is 0.266 e. The summed E-state index contributed by atoms with van der Waals surface area (Å²) >= 11 is 0. The van der Waals surface area contributed by atoms with Crippen LogP contribution in [0.25, 0.3) is 16.6 Å². The minimum atomic E-state index is -0.429. The average Bonchev–Trinajstić information content (AvgIpc) is 2.83. The standard InChI is InChI=1S/C30H33N3O2/c1-19(2)18-32(29(34)24-12-8-7-11-21(24)4)23(6)28-31-26-14-10-9-13-25(26)30(35)33(28)27-17-20(3)15-16-22(27)5/h7-17,19,23H,18H2,1-6H3. The Morgan fingerprint density at radius 3 is 2.31 bits per heavy atom. The Labute approximate surface area is 207 Å². The van der Waals surface area contributed by atoms with Crippen molar-refractivity contribution in [1.29, 1.82) is 0 Å². The largest absolute Gasteiger partial charge is 0.328 e. The van der Waals surface area contributed by atoms with Gasteiger partial charge in [-0.3, -0.25) is 14.2 Å². The Bertz CT molecular complexity index is 1450. The van der Waals surface area contributed by atoms with Gasteiger partial charge in [-0.15, -0.1) is 0 Å². The van der Waals surface area contributed by atoms with Crippen LogP contribution >= 0.6 is 0 Å². The summed E-state index contributed by atoms with van der Waals surface area (Å²) in [6.07, 6.45) is 0. The number of rotatable bonds is 6. The third-order valence-corrected chi connectivity index (χ3v) is 6.45. The maximum atomic E-state index is 13.9. The summed E-state index contributed by atoms with van der Waals surface area (Å²) in [5.74, 6) is 0.746. The first-order valence-corrected chi connectivity index (χ1v) is 12.1. The fraction of sp³-hybridized carbons (Fsp3) is 0.300. The van der Waals surface area contributed by atoms with Crippen molar-refractivity contribution in [3.05, 3.63) is 105 Å². The lowest BCUT2D eigenvalue weighted by atomic mass is 10.0. The van der Waals surface area contributed by atoms with Crippen molar-refractivity contribution in [3.63, 3.8) is 0 Å². The molecule has 1 atom stereocenters. The molecule has 0 bridgehead atoms. The second-order valence-corrected chi connectivity index (χ2v) is 9.76. The van der Waals surface area contributed by atoms with Gasteiger partial charge >= 0.3 is 0 Å². The van der Waals surface area contributed by atoms with Crippen LogP contribution in [0.3, 0.4) is 0 Å². The van der Waals surface area contributed by atoms with Crippen molar-refractivity contribution in [3.8, 4) is 5.69 Å². The summed E-state index contributed by atoms with van der Waals surface area (Å²) in [5.41, 5.74) is 4.93. The van der Waals surface area contributed by atoms with Crippen molar-refractivity contribution < 1.29 is 4.79 Å². The second kappa shape index (κ2) is 9.87. The summed E-state index contributed by atoms with van der Waals surface area (Å²) in [4.78, 5) is 34.6. The highest BCUT2D eigenvalue weighted by molar-refractivity contribution is 5.96. The predicted molar refractivity (Wildman–Crippen MR) is 142 cm³/mol. The van der Waals surface area contributed by atoms with E-state index in [0.717, 1.165) is 22.4 Å². The maximum Gasteiger partial charge on any atom is 0.266 e. The molecule has 1 heterocycles. The molecular formula is C30H33N3O2. The zero-order chi connectivity index (χ0) is 25.3. The van der Waals surface area contributed by atoms with E-state index in [1.54, 1.807) is 4.57 Å². The van der Waals surface area contributed by atoms with Crippen LogP contribution in [-0.2, 0) is 0 Å². The SMILES string of the molecule is Cc1ccc(C)c(-n2c(C(C)N(CC(C)C)C(=O)c3ccccc3C)nc3ccccc3c2=O)c1. The van der Waals surface area contributed by atoms with Crippen LogP contribution in [0.5, 0.6) is 0 Å². The van der Waals surface area contributed by atoms with Crippen molar-refractivity contribution in [2.75, 3.05) is 6.54 Å². The maximum absolute atomic E-state index is 13.9. The first-order valence-electron chi connectivity index (χ1n) is 12.1. The van der Waals surface area contributed by atoms with Crippen LogP contribution in [0.4, 0.5) is 0 Å². The Morgan fingerprint density at radius 2 is 1.60 bits per heavy atom. The molecule has 4 aromatic rings. The van der Waals surface area contributed by atoms with Gasteiger partial charge in [0.25, 0.3) is 11.5 Å². The van der Waals surface area contributed by atoms with Gasteiger partial charge in [0.1, 0.15) is 5.82 Å². The second-order valence-electron chi connectivity index (χ2n) is 9.76. The van der Waals surface area contributed by atoms with Gasteiger partial charge in [0.2, 0.25) is 0 Å². The number of benzene rings is 3. The molecule has 0 spiro atoms. The number of aromatic nitrogens is 2. The van der Waals surface area contributed by atoms with Gasteiger partial charge in [-0.1, -0.05) is 56.3 Å². The topological polar surface area (TPSA) is 55.2 Å². The highest BCUT2D eigenvalue weighted by atomic mass is 16.2. The molecule has 5 heteroatoms. The van der Waals surface area contributed by atoms with Crippen LogP contribution in [0.1, 0.15) is 59.7 Å². The van der Waals surface area contributed by atoms with Crippen molar-refractivity contribution in [1.82, 2.24) is 14.5 Å². The lowest BCUT2D eigenvalue weighted by Gasteiger charge is -2.32. The van der Waals surface area contributed by atoms with Gasteiger partial charge in [-0.05, 0) is 74.6 Å². The summed E-state index contributed by atoms with van der Waals surface area (Å²) < 4.78 is 1.70. The lowest BCUT2D eigenvalue weighted by Crippen LogP contribution is -2.39. The molecule has 0 aliphatic carbocycles. The molecule has 0 saturated carbocycles. The molecule has 180 valence electrons. The van der Waals surface area contributed by atoms with Crippen molar-refractivity contribution >= 4 is 16.8 Å². The molecule has 5 nitrogen and oxygen atoms in total. The Morgan fingerprint density at radius 1 is 0.914 bits per heavy atom. The predicted octanol–water partition coefficient (Wildman–Crippen LogP) is 6.17. The highest BCUT2D eigenvalue weighted by Crippen LogP contribution is 2.27. The number of amides is 1. The number of nitrogens with zero attached hydrogens (tertiary/aromatic N) is 3. The number of hydrogen-bond acceptors (Lipinski definition) is 3. The van der Waals surface area contributed by atoms with Crippen LogP contribution in [0.2, 0.25) is 0 Å². The molecule has 0 fully saturated rings. The van der Waals surface area contributed by atoms with E-state index in [-0.39, 0.29) is 17.4 Å². The van der Waals surface area contributed by atoms with E-state index in [4.69, 9.17) is 4.98 Å². The number of fused-ring (bicyclic) bond motifs is 1. The number of hydrogen-bond donors (Lipinski definition) is 0. The Balaban J connectivity index is 1.97. The summed E-state index contributed by atoms with van der Waals surface area (Å²) in [6, 6.07) is 20.7. The Hall–Kier alpha value is -3.73. The van der Waals surface area contributed by atoms with E-state index in [9.17, 15) is 9.59 Å². The number of carbonyl (C=O) groups excluding carboxylic acids is 1. The first-order chi connectivity index (χ1) is 16.7. The Kier molecular flexibility index (Phi) is 6.88. The average molecular weight is 468 g/mol. The lowest BCUT2D eigenvalue weighted by molar-refractivity contribution is 0.0654. The molecule has 1 aromatic heterocycles. The highest BCUT2D eigenvalue weighted by Gasteiger charge is 2.29.